The molecule has 0 aliphatic rings. The number of hydrogen-bond acceptors (Lipinski definition) is 3. The maximum absolute atomic E-state index is 12.2. The number of carbonyl (C=O) groups excluding carboxylic acids is 1. The Kier molecular flexibility index (Phi) is 6.14. The summed E-state index contributed by atoms with van der Waals surface area (Å²) >= 11 is 0. The number of imidazole rings is 1. The summed E-state index contributed by atoms with van der Waals surface area (Å²) in [6.07, 6.45) is 0.650. The lowest BCUT2D eigenvalue weighted by Crippen LogP contribution is -2.31. The summed E-state index contributed by atoms with van der Waals surface area (Å²) in [6.45, 7) is 11.2. The molecule has 0 radical (unpaired) electrons. The third-order valence-corrected chi connectivity index (χ3v) is 4.53. The number of aryl methyl sites for hydroxylation is 2. The molecule has 0 saturated carbocycles. The Hall–Kier alpha value is -3.08. The molecule has 0 bridgehead atoms. The van der Waals surface area contributed by atoms with E-state index in [4.69, 9.17) is 9.72 Å². The number of para-hydroxylation sites is 2. The van der Waals surface area contributed by atoms with Gasteiger partial charge in [-0.15, -0.1) is 0 Å². The Bertz CT molecular complexity index is 1000. The molecule has 0 aliphatic heterocycles. The number of benzene rings is 2. The first-order chi connectivity index (χ1) is 13.4. The Morgan fingerprint density at radius 3 is 2.79 bits per heavy atom. The lowest BCUT2D eigenvalue weighted by Gasteiger charge is -2.11. The zero-order valence-corrected chi connectivity index (χ0v) is 16.8. The number of allylic oxidation sites excluding steroid dienone is 1. The van der Waals surface area contributed by atoms with E-state index in [1.165, 1.54) is 0 Å². The van der Waals surface area contributed by atoms with Crippen molar-refractivity contribution in [1.82, 2.24) is 14.9 Å². The van der Waals surface area contributed by atoms with E-state index >= 15 is 0 Å². The molecule has 2 aromatic carbocycles. The monoisotopic (exact) mass is 377 g/mol. The van der Waals surface area contributed by atoms with E-state index in [2.05, 4.69) is 22.5 Å². The zero-order valence-electron chi connectivity index (χ0n) is 16.8. The number of nitrogens with one attached hydrogen (secondary N) is 1. The maximum Gasteiger partial charge on any atom is 0.257 e. The molecule has 1 N–H and O–H groups in total. The minimum absolute atomic E-state index is 0.00642. The van der Waals surface area contributed by atoms with E-state index in [9.17, 15) is 4.79 Å². The number of fused-ring (bicyclic) bond motifs is 1. The van der Waals surface area contributed by atoms with Gasteiger partial charge in [-0.3, -0.25) is 4.79 Å². The molecule has 0 aliphatic carbocycles. The van der Waals surface area contributed by atoms with E-state index in [0.717, 1.165) is 45.9 Å². The first-order valence-electron chi connectivity index (χ1n) is 9.49. The van der Waals surface area contributed by atoms with E-state index in [0.29, 0.717) is 13.0 Å². The van der Waals surface area contributed by atoms with Crippen molar-refractivity contribution in [1.29, 1.82) is 0 Å². The van der Waals surface area contributed by atoms with Crippen LogP contribution in [-0.2, 0) is 17.8 Å². The molecule has 1 amide bonds. The summed E-state index contributed by atoms with van der Waals surface area (Å²) in [6, 6.07) is 14.0. The smallest absolute Gasteiger partial charge is 0.257 e. The quantitative estimate of drug-likeness (QED) is 0.605. The third-order valence-electron chi connectivity index (χ3n) is 4.53. The van der Waals surface area contributed by atoms with Crippen molar-refractivity contribution >= 4 is 16.9 Å². The van der Waals surface area contributed by atoms with Crippen LogP contribution in [0.25, 0.3) is 11.0 Å². The number of nitrogens with zero attached hydrogens (tertiary/aromatic N) is 2. The van der Waals surface area contributed by atoms with Crippen molar-refractivity contribution in [2.75, 3.05) is 13.2 Å². The maximum atomic E-state index is 12.2. The van der Waals surface area contributed by atoms with Gasteiger partial charge in [0.05, 0.1) is 11.0 Å². The van der Waals surface area contributed by atoms with E-state index < -0.39 is 0 Å². The number of amides is 1. The van der Waals surface area contributed by atoms with Gasteiger partial charge in [0.1, 0.15) is 11.6 Å². The van der Waals surface area contributed by atoms with Crippen LogP contribution in [0.3, 0.4) is 0 Å². The second-order valence-corrected chi connectivity index (χ2v) is 7.22. The van der Waals surface area contributed by atoms with Crippen LogP contribution in [0.2, 0.25) is 0 Å². The summed E-state index contributed by atoms with van der Waals surface area (Å²) in [5, 5.41) is 2.92. The second-order valence-electron chi connectivity index (χ2n) is 7.22. The number of aromatic nitrogens is 2. The molecule has 0 unspecified atom stereocenters. The summed E-state index contributed by atoms with van der Waals surface area (Å²) in [5.74, 6) is 1.56. The predicted octanol–water partition coefficient (Wildman–Crippen LogP) is 3.97. The molecule has 0 spiro atoms. The molecule has 146 valence electrons. The molecular weight excluding hydrogens is 350 g/mol. The van der Waals surface area contributed by atoms with Crippen LogP contribution in [0.4, 0.5) is 0 Å². The van der Waals surface area contributed by atoms with Gasteiger partial charge in [0.15, 0.2) is 6.61 Å². The van der Waals surface area contributed by atoms with E-state index in [1.807, 2.05) is 57.2 Å². The Morgan fingerprint density at radius 1 is 1.21 bits per heavy atom. The summed E-state index contributed by atoms with van der Waals surface area (Å²) in [7, 11) is 0. The normalized spacial score (nSPS) is 10.8. The fraction of sp³-hybridized carbons (Fsp3) is 0.304. The highest BCUT2D eigenvalue weighted by Crippen LogP contribution is 2.19. The SMILES string of the molecule is C=C(C)Cn1c(CCNC(=O)COc2cc(C)ccc2C)nc2ccccc21. The van der Waals surface area contributed by atoms with Gasteiger partial charge >= 0.3 is 0 Å². The summed E-state index contributed by atoms with van der Waals surface area (Å²) in [5.41, 5.74) is 5.24. The van der Waals surface area contributed by atoms with E-state index in [1.54, 1.807) is 0 Å². The van der Waals surface area contributed by atoms with Crippen molar-refractivity contribution in [2.45, 2.75) is 33.7 Å². The van der Waals surface area contributed by atoms with Gasteiger partial charge < -0.3 is 14.6 Å². The van der Waals surface area contributed by atoms with Crippen LogP contribution in [0.5, 0.6) is 5.75 Å². The molecule has 3 aromatic rings. The standard InChI is InChI=1S/C23H27N3O2/c1-16(2)14-26-20-8-6-5-7-19(20)25-22(26)11-12-24-23(27)15-28-21-13-17(3)9-10-18(21)4/h5-10,13H,1,11-12,14-15H2,2-4H3,(H,24,27). The highest BCUT2D eigenvalue weighted by molar-refractivity contribution is 5.78. The first-order valence-corrected chi connectivity index (χ1v) is 9.49. The molecule has 1 aromatic heterocycles. The average Bonchev–Trinajstić information content (AvgIpc) is 2.99. The first kappa shape index (κ1) is 19.7. The molecule has 3 rings (SSSR count). The zero-order chi connectivity index (χ0) is 20.1. The average molecular weight is 377 g/mol. The highest BCUT2D eigenvalue weighted by atomic mass is 16.5. The number of ether oxygens (including phenoxy) is 1. The fourth-order valence-electron chi connectivity index (χ4n) is 3.13. The van der Waals surface area contributed by atoms with Crippen LogP contribution >= 0.6 is 0 Å². The Morgan fingerprint density at radius 2 is 2.00 bits per heavy atom. The van der Waals surface area contributed by atoms with Crippen molar-refractivity contribution in [2.24, 2.45) is 0 Å². The lowest BCUT2D eigenvalue weighted by atomic mass is 10.1. The minimum Gasteiger partial charge on any atom is -0.483 e. The van der Waals surface area contributed by atoms with Crippen molar-refractivity contribution in [3.05, 3.63) is 71.6 Å². The molecule has 0 saturated heterocycles. The molecule has 1 heterocycles. The number of hydrogen-bond donors (Lipinski definition) is 1. The Labute approximate surface area is 166 Å². The van der Waals surface area contributed by atoms with Crippen molar-refractivity contribution in [3.63, 3.8) is 0 Å². The second kappa shape index (κ2) is 8.74. The molecular formula is C23H27N3O2. The molecule has 0 atom stereocenters. The predicted molar refractivity (Wildman–Crippen MR) is 113 cm³/mol. The van der Waals surface area contributed by atoms with Crippen LogP contribution in [0, 0.1) is 13.8 Å². The van der Waals surface area contributed by atoms with E-state index in [-0.39, 0.29) is 12.5 Å². The fourth-order valence-corrected chi connectivity index (χ4v) is 3.13. The van der Waals surface area contributed by atoms with Gasteiger partial charge in [-0.05, 0) is 50.1 Å². The lowest BCUT2D eigenvalue weighted by molar-refractivity contribution is -0.123. The van der Waals surface area contributed by atoms with Gasteiger partial charge in [0.2, 0.25) is 0 Å². The van der Waals surface area contributed by atoms with Crippen LogP contribution in [0.15, 0.2) is 54.6 Å². The van der Waals surface area contributed by atoms with Gasteiger partial charge in [-0.2, -0.15) is 0 Å². The Balaban J connectivity index is 1.58. The molecule has 5 nitrogen and oxygen atoms in total. The number of carbonyl (C=O) groups is 1. The topological polar surface area (TPSA) is 56.2 Å². The van der Waals surface area contributed by atoms with Gasteiger partial charge in [0.25, 0.3) is 5.91 Å². The molecule has 0 fully saturated rings. The van der Waals surface area contributed by atoms with Gasteiger partial charge in [0, 0.05) is 19.5 Å². The van der Waals surface area contributed by atoms with Crippen molar-refractivity contribution in [3.8, 4) is 5.75 Å². The third kappa shape index (κ3) is 4.80. The largest absolute Gasteiger partial charge is 0.483 e. The van der Waals surface area contributed by atoms with Gasteiger partial charge in [-0.25, -0.2) is 4.98 Å². The van der Waals surface area contributed by atoms with Crippen LogP contribution in [-0.4, -0.2) is 28.6 Å². The molecule has 28 heavy (non-hydrogen) atoms. The minimum atomic E-state index is -0.136. The summed E-state index contributed by atoms with van der Waals surface area (Å²) < 4.78 is 7.83. The van der Waals surface area contributed by atoms with Gasteiger partial charge in [-0.1, -0.05) is 36.4 Å². The molecule has 5 heteroatoms. The van der Waals surface area contributed by atoms with Crippen LogP contribution < -0.4 is 10.1 Å². The van der Waals surface area contributed by atoms with Crippen LogP contribution in [0.1, 0.15) is 23.9 Å². The highest BCUT2D eigenvalue weighted by Gasteiger charge is 2.11. The summed E-state index contributed by atoms with van der Waals surface area (Å²) in [4.78, 5) is 16.9. The number of rotatable bonds is 8. The van der Waals surface area contributed by atoms with Crippen molar-refractivity contribution < 1.29 is 9.53 Å².